The van der Waals surface area contributed by atoms with E-state index < -0.39 is 5.41 Å². The number of para-hydroxylation sites is 1. The molecule has 0 fully saturated rings. The fourth-order valence-electron chi connectivity index (χ4n) is 3.67. The largest absolute Gasteiger partial charge is 0.314 e. The second kappa shape index (κ2) is 5.85. The molecule has 0 saturated heterocycles. The summed E-state index contributed by atoms with van der Waals surface area (Å²) in [6.07, 6.45) is 3.49. The van der Waals surface area contributed by atoms with E-state index in [-0.39, 0.29) is 29.2 Å². The minimum atomic E-state index is -0.893. The molecule has 126 valence electrons. The smallest absolute Gasteiger partial charge is 0.242 e. The molecule has 2 unspecified atom stereocenters. The normalized spacial score (nSPS) is 24.9. The molecular weight excluding hydrogens is 337 g/mol. The van der Waals surface area contributed by atoms with Crippen molar-refractivity contribution in [3.63, 3.8) is 0 Å². The van der Waals surface area contributed by atoms with Gasteiger partial charge in [-0.1, -0.05) is 30.3 Å². The average Bonchev–Trinajstić information content (AvgIpc) is 2.81. The molecule has 2 aliphatic rings. The molecule has 1 amide bonds. The standard InChI is InChI=1S/C20H16FNO2S/c1-22-17-8-3-2-7-16(17)20(19(22)24)10-9-14(23)12-18(20)25-15-6-4-5-13(21)11-15/h2-11,18H,12H2,1H3. The van der Waals surface area contributed by atoms with Gasteiger partial charge in [-0.05, 0) is 35.9 Å². The van der Waals surface area contributed by atoms with Crippen LogP contribution in [0.15, 0.2) is 65.6 Å². The number of anilines is 1. The molecule has 2 aromatic carbocycles. The first kappa shape index (κ1) is 16.1. The van der Waals surface area contributed by atoms with E-state index in [9.17, 15) is 14.0 Å². The van der Waals surface area contributed by atoms with Crippen LogP contribution in [0.3, 0.4) is 0 Å². The van der Waals surface area contributed by atoms with Crippen molar-refractivity contribution in [3.05, 3.63) is 72.1 Å². The first-order chi connectivity index (χ1) is 12.0. The summed E-state index contributed by atoms with van der Waals surface area (Å²) in [6, 6.07) is 13.9. The average molecular weight is 353 g/mol. The maximum Gasteiger partial charge on any atom is 0.242 e. The van der Waals surface area contributed by atoms with Crippen LogP contribution in [0.25, 0.3) is 0 Å². The van der Waals surface area contributed by atoms with Crippen LogP contribution in [0, 0.1) is 5.82 Å². The fraction of sp³-hybridized carbons (Fsp3) is 0.200. The molecule has 1 heterocycles. The lowest BCUT2D eigenvalue weighted by Crippen LogP contribution is -2.47. The number of nitrogens with zero attached hydrogens (tertiary/aromatic N) is 1. The number of likely N-dealkylation sites (N-methyl/N-ethyl adjacent to an activating group) is 1. The predicted octanol–water partition coefficient (Wildman–Crippen LogP) is 3.73. The maximum absolute atomic E-state index is 13.6. The molecule has 0 aromatic heterocycles. The molecule has 4 rings (SSSR count). The molecule has 1 aliphatic carbocycles. The van der Waals surface area contributed by atoms with Gasteiger partial charge in [-0.15, -0.1) is 11.8 Å². The summed E-state index contributed by atoms with van der Waals surface area (Å²) in [5.41, 5.74) is 0.868. The first-order valence-corrected chi connectivity index (χ1v) is 8.92. The Labute approximate surface area is 149 Å². The number of hydrogen-bond donors (Lipinski definition) is 0. The third kappa shape index (κ3) is 2.42. The molecule has 2 atom stereocenters. The number of amides is 1. The van der Waals surface area contributed by atoms with Gasteiger partial charge in [0.1, 0.15) is 11.2 Å². The number of carbonyl (C=O) groups is 2. The van der Waals surface area contributed by atoms with Gasteiger partial charge in [0.15, 0.2) is 5.78 Å². The van der Waals surface area contributed by atoms with Crippen LogP contribution in [-0.2, 0) is 15.0 Å². The minimum Gasteiger partial charge on any atom is -0.314 e. The van der Waals surface area contributed by atoms with Crippen molar-refractivity contribution in [2.75, 3.05) is 11.9 Å². The molecule has 2 aromatic rings. The number of fused-ring (bicyclic) bond motifs is 2. The van der Waals surface area contributed by atoms with Crippen LogP contribution >= 0.6 is 11.8 Å². The second-order valence-electron chi connectivity index (χ2n) is 6.32. The highest BCUT2D eigenvalue weighted by Gasteiger charge is 2.55. The van der Waals surface area contributed by atoms with Gasteiger partial charge >= 0.3 is 0 Å². The lowest BCUT2D eigenvalue weighted by Gasteiger charge is -2.35. The summed E-state index contributed by atoms with van der Waals surface area (Å²) in [4.78, 5) is 27.6. The third-order valence-electron chi connectivity index (χ3n) is 4.87. The zero-order valence-corrected chi connectivity index (χ0v) is 14.4. The lowest BCUT2D eigenvalue weighted by atomic mass is 9.73. The number of hydrogen-bond acceptors (Lipinski definition) is 3. The van der Waals surface area contributed by atoms with Gasteiger partial charge in [0.25, 0.3) is 0 Å². The molecule has 0 N–H and O–H groups in total. The number of halogens is 1. The lowest BCUT2D eigenvalue weighted by molar-refractivity contribution is -0.122. The van der Waals surface area contributed by atoms with Gasteiger partial charge < -0.3 is 4.90 Å². The van der Waals surface area contributed by atoms with Gasteiger partial charge in [0, 0.05) is 29.3 Å². The molecule has 1 spiro atoms. The van der Waals surface area contributed by atoms with Crippen molar-refractivity contribution in [3.8, 4) is 0 Å². The van der Waals surface area contributed by atoms with Crippen LogP contribution in [0.2, 0.25) is 0 Å². The number of thioether (sulfide) groups is 1. The van der Waals surface area contributed by atoms with Crippen LogP contribution in [0.4, 0.5) is 10.1 Å². The molecule has 1 aliphatic heterocycles. The zero-order valence-electron chi connectivity index (χ0n) is 13.6. The van der Waals surface area contributed by atoms with Gasteiger partial charge in [-0.25, -0.2) is 4.39 Å². The third-order valence-corrected chi connectivity index (χ3v) is 6.22. The van der Waals surface area contributed by atoms with Crippen molar-refractivity contribution in [2.24, 2.45) is 0 Å². The van der Waals surface area contributed by atoms with E-state index in [1.54, 1.807) is 30.2 Å². The number of carbonyl (C=O) groups excluding carboxylic acids is 2. The monoisotopic (exact) mass is 353 g/mol. The van der Waals surface area contributed by atoms with Crippen LogP contribution in [0.1, 0.15) is 12.0 Å². The predicted molar refractivity (Wildman–Crippen MR) is 96.3 cm³/mol. The van der Waals surface area contributed by atoms with Crippen LogP contribution in [-0.4, -0.2) is 24.0 Å². The highest BCUT2D eigenvalue weighted by Crippen LogP contribution is 2.51. The van der Waals surface area contributed by atoms with E-state index in [1.807, 2.05) is 24.3 Å². The van der Waals surface area contributed by atoms with E-state index in [0.29, 0.717) is 4.90 Å². The fourth-order valence-corrected chi connectivity index (χ4v) is 5.08. The van der Waals surface area contributed by atoms with Gasteiger partial charge in [-0.3, -0.25) is 9.59 Å². The first-order valence-electron chi connectivity index (χ1n) is 8.04. The summed E-state index contributed by atoms with van der Waals surface area (Å²) in [7, 11) is 1.75. The Morgan fingerprint density at radius 1 is 1.16 bits per heavy atom. The number of ketones is 1. The van der Waals surface area contributed by atoms with Gasteiger partial charge in [0.05, 0.1) is 0 Å². The molecular formula is C20H16FNO2S. The molecule has 0 bridgehead atoms. The van der Waals surface area contributed by atoms with Crippen LogP contribution in [0.5, 0.6) is 0 Å². The Morgan fingerprint density at radius 2 is 1.96 bits per heavy atom. The quantitative estimate of drug-likeness (QED) is 0.826. The van der Waals surface area contributed by atoms with Gasteiger partial charge in [-0.2, -0.15) is 0 Å². The SMILES string of the molecule is CN1C(=O)C2(C=CC(=O)CC2Sc2cccc(F)c2)c2ccccc21. The van der Waals surface area contributed by atoms with Crippen molar-refractivity contribution in [1.82, 2.24) is 0 Å². The molecule has 0 radical (unpaired) electrons. The van der Waals surface area contributed by atoms with Crippen molar-refractivity contribution >= 4 is 29.1 Å². The van der Waals surface area contributed by atoms with E-state index in [0.717, 1.165) is 11.3 Å². The minimum absolute atomic E-state index is 0.0145. The van der Waals surface area contributed by atoms with Crippen molar-refractivity contribution < 1.29 is 14.0 Å². The van der Waals surface area contributed by atoms with E-state index >= 15 is 0 Å². The maximum atomic E-state index is 13.6. The van der Waals surface area contributed by atoms with E-state index in [4.69, 9.17) is 0 Å². The molecule has 5 heteroatoms. The van der Waals surface area contributed by atoms with E-state index in [1.165, 1.54) is 30.0 Å². The Hall–Kier alpha value is -2.40. The van der Waals surface area contributed by atoms with Crippen molar-refractivity contribution in [2.45, 2.75) is 22.0 Å². The Kier molecular flexibility index (Phi) is 3.76. The summed E-state index contributed by atoms with van der Waals surface area (Å²) in [5, 5.41) is -0.314. The number of benzene rings is 2. The number of allylic oxidation sites excluding steroid dienone is 1. The second-order valence-corrected chi connectivity index (χ2v) is 7.59. The summed E-state index contributed by atoms with van der Waals surface area (Å²) < 4.78 is 13.6. The highest BCUT2D eigenvalue weighted by molar-refractivity contribution is 8.00. The van der Waals surface area contributed by atoms with E-state index in [2.05, 4.69) is 0 Å². The highest BCUT2D eigenvalue weighted by atomic mass is 32.2. The summed E-state index contributed by atoms with van der Waals surface area (Å²) >= 11 is 1.39. The zero-order chi connectivity index (χ0) is 17.6. The summed E-state index contributed by atoms with van der Waals surface area (Å²) in [6.45, 7) is 0. The Bertz CT molecular complexity index is 910. The van der Waals surface area contributed by atoms with Gasteiger partial charge in [0.2, 0.25) is 5.91 Å². The van der Waals surface area contributed by atoms with Crippen LogP contribution < -0.4 is 4.90 Å². The Morgan fingerprint density at radius 3 is 2.76 bits per heavy atom. The number of rotatable bonds is 2. The summed E-state index contributed by atoms with van der Waals surface area (Å²) in [5.74, 6) is -0.391. The molecule has 3 nitrogen and oxygen atoms in total. The molecule has 0 saturated carbocycles. The molecule has 25 heavy (non-hydrogen) atoms. The topological polar surface area (TPSA) is 37.4 Å². The van der Waals surface area contributed by atoms with Crippen molar-refractivity contribution in [1.29, 1.82) is 0 Å². The Balaban J connectivity index is 1.84.